The van der Waals surface area contributed by atoms with E-state index in [0.29, 0.717) is 31.2 Å². The fourth-order valence-electron chi connectivity index (χ4n) is 1.64. The Balaban J connectivity index is 1.88. The molecule has 0 radical (unpaired) electrons. The van der Waals surface area contributed by atoms with Crippen molar-refractivity contribution in [3.8, 4) is 0 Å². The number of nitrogens with two attached hydrogens (primary N) is 1. The maximum atomic E-state index is 11.7. The predicted molar refractivity (Wildman–Crippen MR) is 71.8 cm³/mol. The van der Waals surface area contributed by atoms with Crippen LogP contribution in [-0.4, -0.2) is 35.3 Å². The van der Waals surface area contributed by atoms with Crippen LogP contribution >= 0.6 is 0 Å². The number of rotatable bonds is 7. The lowest BCUT2D eigenvalue weighted by Gasteiger charge is -2.07. The molecule has 4 N–H and O–H groups in total. The summed E-state index contributed by atoms with van der Waals surface area (Å²) in [5, 5.41) is 9.71. The molecule has 0 atom stereocenters. The summed E-state index contributed by atoms with van der Waals surface area (Å²) in [6.45, 7) is 1.71. The predicted octanol–water partition coefficient (Wildman–Crippen LogP) is -0.860. The molecule has 1 fully saturated rings. The molecule has 0 unspecified atom stereocenters. The van der Waals surface area contributed by atoms with Crippen LogP contribution in [0, 0.1) is 5.92 Å². The van der Waals surface area contributed by atoms with E-state index in [1.807, 2.05) is 0 Å². The van der Waals surface area contributed by atoms with Gasteiger partial charge in [0, 0.05) is 25.7 Å². The molecule has 1 amide bonds. The number of carbonyl (C=O) groups is 1. The fourth-order valence-corrected chi connectivity index (χ4v) is 1.64. The third-order valence-electron chi connectivity index (χ3n) is 2.92. The third kappa shape index (κ3) is 4.36. The summed E-state index contributed by atoms with van der Waals surface area (Å²) in [6.07, 6.45) is 3.88. The molecular weight excluding hydrogens is 246 g/mol. The second kappa shape index (κ2) is 6.33. The highest BCUT2D eigenvalue weighted by atomic mass is 16.2. The van der Waals surface area contributed by atoms with Crippen LogP contribution in [0.5, 0.6) is 0 Å². The zero-order chi connectivity index (χ0) is 13.7. The van der Waals surface area contributed by atoms with Gasteiger partial charge in [-0.2, -0.15) is 5.10 Å². The van der Waals surface area contributed by atoms with E-state index in [4.69, 9.17) is 5.73 Å². The van der Waals surface area contributed by atoms with Gasteiger partial charge in [-0.15, -0.1) is 0 Å². The van der Waals surface area contributed by atoms with Crippen LogP contribution in [0.25, 0.3) is 0 Å². The molecule has 7 heteroatoms. The normalized spacial score (nSPS) is 14.2. The summed E-state index contributed by atoms with van der Waals surface area (Å²) in [5.41, 5.74) is 5.67. The van der Waals surface area contributed by atoms with Crippen LogP contribution in [-0.2, 0) is 11.3 Å². The SMILES string of the molecule is NCCNc1cnn(CC(=O)NCC2CC2)c(=O)c1. The quantitative estimate of drug-likeness (QED) is 0.595. The Hall–Kier alpha value is -1.89. The van der Waals surface area contributed by atoms with E-state index in [1.165, 1.54) is 25.1 Å². The smallest absolute Gasteiger partial charge is 0.269 e. The molecule has 104 valence electrons. The van der Waals surface area contributed by atoms with E-state index in [0.717, 1.165) is 4.68 Å². The molecule has 0 bridgehead atoms. The van der Waals surface area contributed by atoms with Crippen molar-refractivity contribution in [2.45, 2.75) is 19.4 Å². The topological polar surface area (TPSA) is 102 Å². The number of amides is 1. The van der Waals surface area contributed by atoms with Gasteiger partial charge in [-0.1, -0.05) is 0 Å². The zero-order valence-corrected chi connectivity index (χ0v) is 10.8. The van der Waals surface area contributed by atoms with E-state index >= 15 is 0 Å². The standard InChI is InChI=1S/C12H19N5O2/c13-3-4-14-10-5-12(19)17(16-7-10)8-11(18)15-6-9-1-2-9/h5,7,9,14H,1-4,6,8,13H2,(H,15,18). The van der Waals surface area contributed by atoms with Crippen LogP contribution in [0.4, 0.5) is 5.69 Å². The highest BCUT2D eigenvalue weighted by Crippen LogP contribution is 2.27. The Kier molecular flexibility index (Phi) is 4.51. The maximum Gasteiger partial charge on any atom is 0.269 e. The van der Waals surface area contributed by atoms with Crippen molar-refractivity contribution in [1.82, 2.24) is 15.1 Å². The second-order valence-electron chi connectivity index (χ2n) is 4.70. The maximum absolute atomic E-state index is 11.7. The molecule has 1 aliphatic carbocycles. The largest absolute Gasteiger partial charge is 0.382 e. The zero-order valence-electron chi connectivity index (χ0n) is 10.8. The Morgan fingerprint density at radius 3 is 2.95 bits per heavy atom. The molecule has 1 saturated carbocycles. The third-order valence-corrected chi connectivity index (χ3v) is 2.92. The lowest BCUT2D eigenvalue weighted by Crippen LogP contribution is -2.34. The van der Waals surface area contributed by atoms with E-state index in [1.54, 1.807) is 0 Å². The number of nitrogens with one attached hydrogen (secondary N) is 2. The van der Waals surface area contributed by atoms with Gasteiger partial charge >= 0.3 is 0 Å². The number of hydrogen-bond donors (Lipinski definition) is 3. The number of carbonyl (C=O) groups excluding carboxylic acids is 1. The van der Waals surface area contributed by atoms with Gasteiger partial charge in [0.05, 0.1) is 11.9 Å². The van der Waals surface area contributed by atoms with Crippen molar-refractivity contribution in [3.05, 3.63) is 22.6 Å². The number of nitrogens with zero attached hydrogens (tertiary/aromatic N) is 2. The first kappa shape index (κ1) is 13.5. The molecule has 0 aliphatic heterocycles. The lowest BCUT2D eigenvalue weighted by molar-refractivity contribution is -0.121. The van der Waals surface area contributed by atoms with Gasteiger partial charge < -0.3 is 16.4 Å². The average molecular weight is 265 g/mol. The number of aromatic nitrogens is 2. The van der Waals surface area contributed by atoms with Crippen molar-refractivity contribution in [2.24, 2.45) is 11.7 Å². The van der Waals surface area contributed by atoms with Gasteiger partial charge in [0.25, 0.3) is 5.56 Å². The van der Waals surface area contributed by atoms with E-state index in [-0.39, 0.29) is 18.0 Å². The molecule has 0 aromatic carbocycles. The molecule has 0 saturated heterocycles. The van der Waals surface area contributed by atoms with Crippen molar-refractivity contribution in [2.75, 3.05) is 25.0 Å². The van der Waals surface area contributed by atoms with Gasteiger partial charge in [-0.25, -0.2) is 4.68 Å². The van der Waals surface area contributed by atoms with E-state index in [9.17, 15) is 9.59 Å². The lowest BCUT2D eigenvalue weighted by atomic mass is 10.4. The van der Waals surface area contributed by atoms with Gasteiger partial charge in [-0.3, -0.25) is 9.59 Å². The Labute approximate surface area is 111 Å². The first-order chi connectivity index (χ1) is 9.19. The fraction of sp³-hybridized carbons (Fsp3) is 0.583. The molecule has 1 aliphatic rings. The minimum absolute atomic E-state index is 0.0390. The summed E-state index contributed by atoms with van der Waals surface area (Å²) in [7, 11) is 0. The number of hydrogen-bond acceptors (Lipinski definition) is 5. The van der Waals surface area contributed by atoms with Gasteiger partial charge in [0.15, 0.2) is 0 Å². The minimum atomic E-state index is -0.302. The van der Waals surface area contributed by atoms with E-state index in [2.05, 4.69) is 15.7 Å². The van der Waals surface area contributed by atoms with Gasteiger partial charge in [-0.05, 0) is 18.8 Å². The highest BCUT2D eigenvalue weighted by Gasteiger charge is 2.21. The molecule has 1 aromatic rings. The van der Waals surface area contributed by atoms with Crippen molar-refractivity contribution in [1.29, 1.82) is 0 Å². The van der Waals surface area contributed by atoms with Crippen LogP contribution < -0.4 is 21.9 Å². The van der Waals surface area contributed by atoms with Crippen molar-refractivity contribution >= 4 is 11.6 Å². The first-order valence-corrected chi connectivity index (χ1v) is 6.47. The van der Waals surface area contributed by atoms with Crippen LogP contribution in [0.2, 0.25) is 0 Å². The first-order valence-electron chi connectivity index (χ1n) is 6.47. The summed E-state index contributed by atoms with van der Waals surface area (Å²) in [6, 6.07) is 1.41. The summed E-state index contributed by atoms with van der Waals surface area (Å²) >= 11 is 0. The summed E-state index contributed by atoms with van der Waals surface area (Å²) in [5.74, 6) is 0.445. The van der Waals surface area contributed by atoms with Crippen LogP contribution in [0.15, 0.2) is 17.1 Å². The van der Waals surface area contributed by atoms with Crippen LogP contribution in [0.3, 0.4) is 0 Å². The van der Waals surface area contributed by atoms with Gasteiger partial charge in [0.2, 0.25) is 5.91 Å². The monoisotopic (exact) mass is 265 g/mol. The highest BCUT2D eigenvalue weighted by molar-refractivity contribution is 5.75. The Bertz CT molecular complexity index is 495. The molecule has 0 spiro atoms. The Morgan fingerprint density at radius 1 is 1.53 bits per heavy atom. The van der Waals surface area contributed by atoms with Crippen molar-refractivity contribution in [3.63, 3.8) is 0 Å². The Morgan fingerprint density at radius 2 is 2.32 bits per heavy atom. The van der Waals surface area contributed by atoms with Gasteiger partial charge in [0.1, 0.15) is 6.54 Å². The minimum Gasteiger partial charge on any atom is -0.382 e. The summed E-state index contributed by atoms with van der Waals surface area (Å²) in [4.78, 5) is 23.3. The van der Waals surface area contributed by atoms with Crippen molar-refractivity contribution < 1.29 is 4.79 Å². The summed E-state index contributed by atoms with van der Waals surface area (Å²) < 4.78 is 1.15. The molecule has 1 heterocycles. The molecule has 1 aromatic heterocycles. The number of anilines is 1. The molecule has 7 nitrogen and oxygen atoms in total. The molecular formula is C12H19N5O2. The average Bonchev–Trinajstić information content (AvgIpc) is 3.21. The molecule has 2 rings (SSSR count). The van der Waals surface area contributed by atoms with Crippen LogP contribution in [0.1, 0.15) is 12.8 Å². The second-order valence-corrected chi connectivity index (χ2v) is 4.70. The van der Waals surface area contributed by atoms with E-state index < -0.39 is 0 Å². The molecule has 19 heavy (non-hydrogen) atoms.